The largest absolute Gasteiger partial charge is 0.382 e. The van der Waals surface area contributed by atoms with Crippen molar-refractivity contribution in [2.75, 3.05) is 18.4 Å². The smallest absolute Gasteiger partial charge is 0.253 e. The molecule has 0 radical (unpaired) electrons. The molecule has 0 bridgehead atoms. The summed E-state index contributed by atoms with van der Waals surface area (Å²) in [5.41, 5.74) is 2.17. The predicted molar refractivity (Wildman–Crippen MR) is 88.7 cm³/mol. The highest BCUT2D eigenvalue weighted by atomic mass is 16.2. The van der Waals surface area contributed by atoms with Crippen LogP contribution in [0.15, 0.2) is 24.3 Å². The number of nitrogens with zero attached hydrogens (tertiary/aromatic N) is 1. The molecule has 1 aliphatic carbocycles. The van der Waals surface area contributed by atoms with E-state index in [0.29, 0.717) is 11.5 Å². The number of carbonyl (C=O) groups is 1. The highest BCUT2D eigenvalue weighted by molar-refractivity contribution is 5.95. The summed E-state index contributed by atoms with van der Waals surface area (Å²) in [6.07, 6.45) is 3.76. The summed E-state index contributed by atoms with van der Waals surface area (Å²) in [6, 6.07) is 8.44. The molecule has 1 fully saturated rings. The number of hydrogen-bond donors (Lipinski definition) is 1. The van der Waals surface area contributed by atoms with E-state index in [1.807, 2.05) is 36.9 Å². The maximum absolute atomic E-state index is 12.4. The lowest BCUT2D eigenvalue weighted by Crippen LogP contribution is -2.32. The van der Waals surface area contributed by atoms with Gasteiger partial charge in [0.1, 0.15) is 0 Å². The molecule has 1 aliphatic rings. The van der Waals surface area contributed by atoms with Crippen molar-refractivity contribution in [2.45, 2.75) is 53.0 Å². The van der Waals surface area contributed by atoms with Gasteiger partial charge in [-0.05, 0) is 50.3 Å². The molecule has 3 nitrogen and oxygen atoms in total. The van der Waals surface area contributed by atoms with Crippen LogP contribution in [-0.4, -0.2) is 29.9 Å². The standard InChI is InChI=1S/C18H28N2O/c1-5-20(6-2)17(21)14-9-7-10-15(13-14)19-16-11-8-12-18(16,3)4/h7,9-10,13,16,19H,5-6,8,11-12H2,1-4H3. The minimum absolute atomic E-state index is 0.120. The van der Waals surface area contributed by atoms with Crippen LogP contribution in [0.25, 0.3) is 0 Å². The predicted octanol–water partition coefficient (Wildman–Crippen LogP) is 4.16. The Kier molecular flexibility index (Phi) is 4.92. The van der Waals surface area contributed by atoms with Crippen LogP contribution < -0.4 is 5.32 Å². The van der Waals surface area contributed by atoms with Gasteiger partial charge in [-0.1, -0.05) is 26.3 Å². The molecule has 1 unspecified atom stereocenters. The maximum atomic E-state index is 12.4. The molecule has 2 rings (SSSR count). The molecule has 1 saturated carbocycles. The molecule has 0 aromatic heterocycles. The maximum Gasteiger partial charge on any atom is 0.253 e. The first-order valence-electron chi connectivity index (χ1n) is 8.13. The van der Waals surface area contributed by atoms with Crippen LogP contribution in [0.2, 0.25) is 0 Å². The summed E-state index contributed by atoms with van der Waals surface area (Å²) in [5, 5.41) is 3.63. The second kappa shape index (κ2) is 6.50. The number of amides is 1. The van der Waals surface area contributed by atoms with Crippen LogP contribution >= 0.6 is 0 Å². The molecule has 1 aromatic rings. The van der Waals surface area contributed by atoms with E-state index in [9.17, 15) is 4.79 Å². The van der Waals surface area contributed by atoms with Crippen molar-refractivity contribution >= 4 is 11.6 Å². The van der Waals surface area contributed by atoms with Crippen molar-refractivity contribution in [2.24, 2.45) is 5.41 Å². The lowest BCUT2D eigenvalue weighted by molar-refractivity contribution is 0.0773. The Balaban J connectivity index is 2.13. The van der Waals surface area contributed by atoms with Gasteiger partial charge in [-0.15, -0.1) is 0 Å². The van der Waals surface area contributed by atoms with Crippen molar-refractivity contribution in [3.63, 3.8) is 0 Å². The van der Waals surface area contributed by atoms with Gasteiger partial charge in [0.05, 0.1) is 0 Å². The van der Waals surface area contributed by atoms with E-state index in [1.165, 1.54) is 19.3 Å². The molecule has 0 spiro atoms. The summed E-state index contributed by atoms with van der Waals surface area (Å²) < 4.78 is 0. The van der Waals surface area contributed by atoms with Gasteiger partial charge < -0.3 is 10.2 Å². The zero-order valence-electron chi connectivity index (χ0n) is 13.8. The Labute approximate surface area is 128 Å². The van der Waals surface area contributed by atoms with Crippen LogP contribution in [0.3, 0.4) is 0 Å². The third-order valence-electron chi connectivity index (χ3n) is 4.76. The quantitative estimate of drug-likeness (QED) is 0.882. The van der Waals surface area contributed by atoms with Gasteiger partial charge in [0.2, 0.25) is 0 Å². The molecule has 116 valence electrons. The van der Waals surface area contributed by atoms with Gasteiger partial charge in [-0.2, -0.15) is 0 Å². The van der Waals surface area contributed by atoms with Crippen molar-refractivity contribution in [1.82, 2.24) is 4.90 Å². The molecule has 21 heavy (non-hydrogen) atoms. The Morgan fingerprint density at radius 2 is 2.05 bits per heavy atom. The number of hydrogen-bond acceptors (Lipinski definition) is 2. The van der Waals surface area contributed by atoms with Gasteiger partial charge in [0, 0.05) is 30.4 Å². The van der Waals surface area contributed by atoms with Crippen LogP contribution in [0.1, 0.15) is 57.3 Å². The van der Waals surface area contributed by atoms with Crippen LogP contribution in [0, 0.1) is 5.41 Å². The molecule has 1 atom stereocenters. The fraction of sp³-hybridized carbons (Fsp3) is 0.611. The third kappa shape index (κ3) is 3.58. The van der Waals surface area contributed by atoms with Crippen molar-refractivity contribution in [3.8, 4) is 0 Å². The van der Waals surface area contributed by atoms with E-state index in [0.717, 1.165) is 24.3 Å². The number of nitrogens with one attached hydrogen (secondary N) is 1. The molecule has 3 heteroatoms. The summed E-state index contributed by atoms with van der Waals surface area (Å²) >= 11 is 0. The first-order chi connectivity index (χ1) is 9.97. The second-order valence-corrected chi connectivity index (χ2v) is 6.64. The van der Waals surface area contributed by atoms with Crippen LogP contribution in [-0.2, 0) is 0 Å². The molecule has 1 aromatic carbocycles. The summed E-state index contributed by atoms with van der Waals surface area (Å²) in [7, 11) is 0. The number of rotatable bonds is 5. The van der Waals surface area contributed by atoms with Gasteiger partial charge in [-0.25, -0.2) is 0 Å². The zero-order valence-corrected chi connectivity index (χ0v) is 13.8. The lowest BCUT2D eigenvalue weighted by Gasteiger charge is -2.29. The van der Waals surface area contributed by atoms with Crippen molar-refractivity contribution in [1.29, 1.82) is 0 Å². The average molecular weight is 288 g/mol. The molecule has 1 amide bonds. The highest BCUT2D eigenvalue weighted by Crippen LogP contribution is 2.39. The van der Waals surface area contributed by atoms with Crippen molar-refractivity contribution < 1.29 is 4.79 Å². The Morgan fingerprint density at radius 1 is 1.33 bits per heavy atom. The molecule has 0 saturated heterocycles. The van der Waals surface area contributed by atoms with Crippen LogP contribution in [0.4, 0.5) is 5.69 Å². The van der Waals surface area contributed by atoms with E-state index >= 15 is 0 Å². The molecule has 0 aliphatic heterocycles. The molecule has 0 heterocycles. The fourth-order valence-corrected chi connectivity index (χ4v) is 3.23. The molecular weight excluding hydrogens is 260 g/mol. The monoisotopic (exact) mass is 288 g/mol. The SMILES string of the molecule is CCN(CC)C(=O)c1cccc(NC2CCCC2(C)C)c1. The van der Waals surface area contributed by atoms with E-state index in [-0.39, 0.29) is 5.91 Å². The van der Waals surface area contributed by atoms with Gasteiger partial charge >= 0.3 is 0 Å². The lowest BCUT2D eigenvalue weighted by atomic mass is 9.87. The number of carbonyl (C=O) groups excluding carboxylic acids is 1. The first-order valence-corrected chi connectivity index (χ1v) is 8.13. The van der Waals surface area contributed by atoms with Crippen LogP contribution in [0.5, 0.6) is 0 Å². The van der Waals surface area contributed by atoms with E-state index in [2.05, 4.69) is 25.2 Å². The normalized spacial score (nSPS) is 20.3. The fourth-order valence-electron chi connectivity index (χ4n) is 3.23. The Morgan fingerprint density at radius 3 is 2.62 bits per heavy atom. The topological polar surface area (TPSA) is 32.3 Å². The Bertz CT molecular complexity index is 492. The average Bonchev–Trinajstić information content (AvgIpc) is 2.79. The van der Waals surface area contributed by atoms with Crippen molar-refractivity contribution in [3.05, 3.63) is 29.8 Å². The van der Waals surface area contributed by atoms with E-state index < -0.39 is 0 Å². The summed E-state index contributed by atoms with van der Waals surface area (Å²) in [6.45, 7) is 10.2. The Hall–Kier alpha value is -1.51. The van der Waals surface area contributed by atoms with Gasteiger partial charge in [0.25, 0.3) is 5.91 Å². The summed E-state index contributed by atoms with van der Waals surface area (Å²) in [5.74, 6) is 0.120. The summed E-state index contributed by atoms with van der Waals surface area (Å²) in [4.78, 5) is 14.3. The van der Waals surface area contributed by atoms with E-state index in [4.69, 9.17) is 0 Å². The van der Waals surface area contributed by atoms with Gasteiger partial charge in [0.15, 0.2) is 0 Å². The number of benzene rings is 1. The minimum atomic E-state index is 0.120. The van der Waals surface area contributed by atoms with Gasteiger partial charge in [-0.3, -0.25) is 4.79 Å². The first kappa shape index (κ1) is 15.9. The minimum Gasteiger partial charge on any atom is -0.382 e. The molecule has 1 N–H and O–H groups in total. The van der Waals surface area contributed by atoms with E-state index in [1.54, 1.807) is 0 Å². The zero-order chi connectivity index (χ0) is 15.5. The second-order valence-electron chi connectivity index (χ2n) is 6.64. The molecular formula is C18H28N2O. The highest BCUT2D eigenvalue weighted by Gasteiger charge is 2.34. The number of anilines is 1. The third-order valence-corrected chi connectivity index (χ3v) is 4.76.